The predicted octanol–water partition coefficient (Wildman–Crippen LogP) is 3.92. The van der Waals surface area contributed by atoms with E-state index in [-0.39, 0.29) is 0 Å². The third-order valence-electron chi connectivity index (χ3n) is 1.64. The molecule has 0 aromatic heterocycles. The third kappa shape index (κ3) is 2.48. The fourth-order valence-corrected chi connectivity index (χ4v) is 1.54. The number of allylic oxidation sites excluding steroid dienone is 2. The second-order valence-electron chi connectivity index (χ2n) is 2.58. The molecule has 1 nitrogen and oxygen atoms in total. The Balaban J connectivity index is 3.18. The van der Waals surface area contributed by atoms with Gasteiger partial charge in [0.25, 0.3) is 0 Å². The van der Waals surface area contributed by atoms with E-state index in [9.17, 15) is 0 Å². The van der Waals surface area contributed by atoms with Crippen LogP contribution >= 0.6 is 23.2 Å². The van der Waals surface area contributed by atoms with Crippen LogP contribution in [-0.2, 0) is 0 Å². The molecule has 0 atom stereocenters. The molecule has 0 fully saturated rings. The molecular weight excluding hydrogens is 205 g/mol. The van der Waals surface area contributed by atoms with Gasteiger partial charge in [-0.15, -0.1) is 0 Å². The number of hydrogen-bond acceptors (Lipinski definition) is 1. The molecule has 3 heteroatoms. The molecule has 0 radical (unpaired) electrons. The van der Waals surface area contributed by atoms with Gasteiger partial charge in [-0.1, -0.05) is 29.3 Å². The Labute approximate surface area is 87.2 Å². The minimum absolute atomic E-state index is 0.566. The number of hydrogen-bond donors (Lipinski definition) is 0. The van der Waals surface area contributed by atoms with E-state index in [1.807, 2.05) is 13.0 Å². The number of nitrogens with zero attached hydrogens (tertiary/aromatic N) is 1. The van der Waals surface area contributed by atoms with E-state index in [4.69, 9.17) is 28.5 Å². The van der Waals surface area contributed by atoms with E-state index in [0.717, 1.165) is 11.1 Å². The summed E-state index contributed by atoms with van der Waals surface area (Å²) in [7, 11) is 0. The summed E-state index contributed by atoms with van der Waals surface area (Å²) in [5.74, 6) is 0. The molecule has 66 valence electrons. The van der Waals surface area contributed by atoms with Gasteiger partial charge in [0.1, 0.15) is 0 Å². The molecule has 13 heavy (non-hydrogen) atoms. The highest BCUT2D eigenvalue weighted by Crippen LogP contribution is 2.26. The summed E-state index contributed by atoms with van der Waals surface area (Å²) in [5, 5.41) is 9.61. The highest BCUT2D eigenvalue weighted by molar-refractivity contribution is 6.35. The molecule has 1 aromatic carbocycles. The van der Waals surface area contributed by atoms with Gasteiger partial charge in [0.15, 0.2) is 0 Å². The molecule has 0 bridgehead atoms. The molecule has 0 amide bonds. The van der Waals surface area contributed by atoms with Crippen molar-refractivity contribution >= 4 is 28.8 Å². The first-order valence-electron chi connectivity index (χ1n) is 3.67. The molecule has 0 aliphatic carbocycles. The molecule has 0 unspecified atom stereocenters. The van der Waals surface area contributed by atoms with Gasteiger partial charge in [0, 0.05) is 16.1 Å². The largest absolute Gasteiger partial charge is 0.193 e. The van der Waals surface area contributed by atoms with Crippen LogP contribution < -0.4 is 0 Å². The van der Waals surface area contributed by atoms with Crippen molar-refractivity contribution in [3.63, 3.8) is 0 Å². The van der Waals surface area contributed by atoms with Gasteiger partial charge in [0.05, 0.1) is 6.07 Å². The molecule has 0 spiro atoms. The van der Waals surface area contributed by atoms with E-state index in [0.29, 0.717) is 10.0 Å². The zero-order chi connectivity index (χ0) is 9.84. The monoisotopic (exact) mass is 211 g/mol. The smallest absolute Gasteiger partial charge is 0.0915 e. The predicted molar refractivity (Wildman–Crippen MR) is 55.7 cm³/mol. The Hall–Kier alpha value is -0.970. The van der Waals surface area contributed by atoms with E-state index in [1.165, 1.54) is 6.08 Å². The molecule has 0 heterocycles. The first-order chi connectivity index (χ1) is 6.15. The number of benzene rings is 1. The summed E-state index contributed by atoms with van der Waals surface area (Å²) in [6.45, 7) is 1.83. The third-order valence-corrected chi connectivity index (χ3v) is 2.18. The van der Waals surface area contributed by atoms with Crippen LogP contribution in [0.15, 0.2) is 24.3 Å². The maximum absolute atomic E-state index is 8.45. The van der Waals surface area contributed by atoms with Crippen LogP contribution in [0, 0.1) is 11.3 Å². The van der Waals surface area contributed by atoms with Crippen molar-refractivity contribution in [2.45, 2.75) is 6.92 Å². The molecule has 1 aromatic rings. The van der Waals surface area contributed by atoms with Gasteiger partial charge >= 0.3 is 0 Å². The maximum Gasteiger partial charge on any atom is 0.0915 e. The fraction of sp³-hybridized carbons (Fsp3) is 0.100. The Morgan fingerprint density at radius 2 is 2.15 bits per heavy atom. The van der Waals surface area contributed by atoms with Crippen LogP contribution in [-0.4, -0.2) is 0 Å². The Morgan fingerprint density at radius 1 is 1.46 bits per heavy atom. The first-order valence-corrected chi connectivity index (χ1v) is 4.42. The molecule has 0 N–H and O–H groups in total. The van der Waals surface area contributed by atoms with Crippen LogP contribution in [0.25, 0.3) is 5.57 Å². The van der Waals surface area contributed by atoms with Crippen molar-refractivity contribution < 1.29 is 0 Å². The van der Waals surface area contributed by atoms with Gasteiger partial charge < -0.3 is 0 Å². The van der Waals surface area contributed by atoms with Gasteiger partial charge in [-0.05, 0) is 30.2 Å². The number of nitriles is 1. The average Bonchev–Trinajstić information content (AvgIpc) is 2.04. The Morgan fingerprint density at radius 3 is 2.69 bits per heavy atom. The van der Waals surface area contributed by atoms with Crippen molar-refractivity contribution in [1.82, 2.24) is 0 Å². The molecular formula is C10H7Cl2N. The molecule has 0 aliphatic heterocycles. The SMILES string of the molecule is CC(=CC#N)c1ccc(Cl)cc1Cl. The fourth-order valence-electron chi connectivity index (χ4n) is 0.984. The van der Waals surface area contributed by atoms with Crippen LogP contribution in [0.3, 0.4) is 0 Å². The summed E-state index contributed by atoms with van der Waals surface area (Å²) in [4.78, 5) is 0. The average molecular weight is 212 g/mol. The van der Waals surface area contributed by atoms with Crippen LogP contribution in [0.2, 0.25) is 10.0 Å². The Bertz CT molecular complexity index is 388. The highest BCUT2D eigenvalue weighted by Gasteiger charge is 2.02. The van der Waals surface area contributed by atoms with E-state index >= 15 is 0 Å². The minimum atomic E-state index is 0.566. The zero-order valence-corrected chi connectivity index (χ0v) is 8.52. The van der Waals surface area contributed by atoms with Crippen LogP contribution in [0.5, 0.6) is 0 Å². The van der Waals surface area contributed by atoms with Gasteiger partial charge in [-0.25, -0.2) is 0 Å². The first kappa shape index (κ1) is 10.1. The zero-order valence-electron chi connectivity index (χ0n) is 7.01. The second-order valence-corrected chi connectivity index (χ2v) is 3.42. The second kappa shape index (κ2) is 4.32. The number of halogens is 2. The van der Waals surface area contributed by atoms with Gasteiger partial charge in [-0.2, -0.15) is 5.26 Å². The van der Waals surface area contributed by atoms with Crippen LogP contribution in [0.1, 0.15) is 12.5 Å². The van der Waals surface area contributed by atoms with Crippen molar-refractivity contribution in [3.05, 3.63) is 39.9 Å². The van der Waals surface area contributed by atoms with Crippen molar-refractivity contribution in [2.24, 2.45) is 0 Å². The van der Waals surface area contributed by atoms with E-state index < -0.39 is 0 Å². The van der Waals surface area contributed by atoms with Crippen molar-refractivity contribution in [2.75, 3.05) is 0 Å². The Kier molecular flexibility index (Phi) is 3.36. The summed E-state index contributed by atoms with van der Waals surface area (Å²) >= 11 is 11.7. The summed E-state index contributed by atoms with van der Waals surface area (Å²) < 4.78 is 0. The number of rotatable bonds is 1. The van der Waals surface area contributed by atoms with Crippen LogP contribution in [0.4, 0.5) is 0 Å². The van der Waals surface area contributed by atoms with Crippen molar-refractivity contribution in [3.8, 4) is 6.07 Å². The lowest BCUT2D eigenvalue weighted by molar-refractivity contribution is 1.51. The topological polar surface area (TPSA) is 23.8 Å². The minimum Gasteiger partial charge on any atom is -0.193 e. The normalized spacial score (nSPS) is 11.1. The van der Waals surface area contributed by atoms with E-state index in [2.05, 4.69) is 0 Å². The van der Waals surface area contributed by atoms with E-state index in [1.54, 1.807) is 18.2 Å². The summed E-state index contributed by atoms with van der Waals surface area (Å²) in [5.41, 5.74) is 1.68. The van der Waals surface area contributed by atoms with Gasteiger partial charge in [0.2, 0.25) is 0 Å². The highest BCUT2D eigenvalue weighted by atomic mass is 35.5. The standard InChI is InChI=1S/C10H7Cl2N/c1-7(4-5-13)9-3-2-8(11)6-10(9)12/h2-4,6H,1H3. The molecule has 0 aliphatic rings. The molecule has 0 saturated carbocycles. The lowest BCUT2D eigenvalue weighted by Gasteiger charge is -2.02. The molecule has 1 rings (SSSR count). The molecule has 0 saturated heterocycles. The lowest BCUT2D eigenvalue weighted by Crippen LogP contribution is -1.80. The lowest BCUT2D eigenvalue weighted by atomic mass is 10.1. The van der Waals surface area contributed by atoms with Crippen molar-refractivity contribution in [1.29, 1.82) is 5.26 Å². The maximum atomic E-state index is 8.45. The summed E-state index contributed by atoms with van der Waals surface area (Å²) in [6.07, 6.45) is 1.45. The summed E-state index contributed by atoms with van der Waals surface area (Å²) in [6, 6.07) is 7.16. The quantitative estimate of drug-likeness (QED) is 0.647. The van der Waals surface area contributed by atoms with Gasteiger partial charge in [-0.3, -0.25) is 0 Å².